The van der Waals surface area contributed by atoms with Crippen LogP contribution in [0, 0.1) is 12.8 Å². The van der Waals surface area contributed by atoms with Gasteiger partial charge < -0.3 is 5.32 Å². The summed E-state index contributed by atoms with van der Waals surface area (Å²) in [5, 5.41) is 10.6. The van der Waals surface area contributed by atoms with Gasteiger partial charge in [0.2, 0.25) is 5.91 Å². The van der Waals surface area contributed by atoms with Crippen molar-refractivity contribution in [3.05, 3.63) is 53.5 Å². The first-order valence-corrected chi connectivity index (χ1v) is 10.1. The first kappa shape index (κ1) is 18.6. The Balaban J connectivity index is 1.28. The third kappa shape index (κ3) is 3.91. The van der Waals surface area contributed by atoms with E-state index in [-0.39, 0.29) is 11.8 Å². The van der Waals surface area contributed by atoms with Gasteiger partial charge in [0.05, 0.1) is 11.6 Å². The maximum absolute atomic E-state index is 12.5. The predicted molar refractivity (Wildman–Crippen MR) is 109 cm³/mol. The van der Waals surface area contributed by atoms with Crippen LogP contribution in [0.2, 0.25) is 0 Å². The minimum absolute atomic E-state index is 0.112. The zero-order chi connectivity index (χ0) is 19.5. The minimum atomic E-state index is -0.119. The van der Waals surface area contributed by atoms with Crippen molar-refractivity contribution in [2.45, 2.75) is 51.4 Å². The van der Waals surface area contributed by atoms with Crippen molar-refractivity contribution < 1.29 is 4.79 Å². The normalized spacial score (nSPS) is 20.8. The smallest absolute Gasteiger partial charge is 0.227 e. The second-order valence-electron chi connectivity index (χ2n) is 7.96. The molecule has 2 aromatic heterocycles. The number of aromatic amines is 1. The van der Waals surface area contributed by atoms with Gasteiger partial charge in [-0.3, -0.25) is 9.89 Å². The highest BCUT2D eigenvalue weighted by molar-refractivity contribution is 5.83. The number of fused-ring (bicyclic) bond motifs is 1. The molecular weight excluding hydrogens is 350 g/mol. The average Bonchev–Trinajstić information content (AvgIpc) is 3.16. The van der Waals surface area contributed by atoms with Gasteiger partial charge in [-0.2, -0.15) is 5.10 Å². The van der Waals surface area contributed by atoms with Crippen molar-refractivity contribution >= 4 is 17.1 Å². The number of H-pyrrole nitrogens is 1. The van der Waals surface area contributed by atoms with Gasteiger partial charge in [-0.15, -0.1) is 0 Å². The number of amides is 1. The summed E-state index contributed by atoms with van der Waals surface area (Å²) in [6.07, 6.45) is 7.76. The molecule has 1 aliphatic carbocycles. The Hall–Kier alpha value is -2.76. The summed E-state index contributed by atoms with van der Waals surface area (Å²) in [7, 11) is 0. The maximum Gasteiger partial charge on any atom is 0.227 e. The van der Waals surface area contributed by atoms with Crippen molar-refractivity contribution in [2.75, 3.05) is 6.54 Å². The topological polar surface area (TPSA) is 83.6 Å². The molecule has 1 atom stereocenters. The number of hydrogen-bond donors (Lipinski definition) is 2. The van der Waals surface area contributed by atoms with Crippen molar-refractivity contribution in [2.24, 2.45) is 5.92 Å². The molecule has 28 heavy (non-hydrogen) atoms. The molecule has 1 amide bonds. The molecule has 0 spiro atoms. The second kappa shape index (κ2) is 8.09. The summed E-state index contributed by atoms with van der Waals surface area (Å²) in [4.78, 5) is 21.2. The molecular formula is C22H27N5O. The van der Waals surface area contributed by atoms with E-state index in [0.29, 0.717) is 17.5 Å². The predicted octanol–water partition coefficient (Wildman–Crippen LogP) is 3.86. The van der Waals surface area contributed by atoms with E-state index in [9.17, 15) is 4.79 Å². The third-order valence-corrected chi connectivity index (χ3v) is 6.01. The molecule has 2 heterocycles. The van der Waals surface area contributed by atoms with E-state index in [2.05, 4.69) is 44.5 Å². The number of rotatable bonds is 5. The molecule has 0 unspecified atom stereocenters. The molecule has 0 aliphatic heterocycles. The summed E-state index contributed by atoms with van der Waals surface area (Å²) >= 11 is 0. The van der Waals surface area contributed by atoms with E-state index < -0.39 is 0 Å². The SMILES string of the molecule is Cc1ccc([C@H](C)C(=O)NCC2CCC(c3[nH]nc4nccnc34)CC2)cc1. The summed E-state index contributed by atoms with van der Waals surface area (Å²) < 4.78 is 0. The van der Waals surface area contributed by atoms with Crippen LogP contribution in [0.3, 0.4) is 0 Å². The molecule has 6 heteroatoms. The fourth-order valence-corrected chi connectivity index (χ4v) is 4.11. The summed E-state index contributed by atoms with van der Waals surface area (Å²) in [5.41, 5.74) is 4.98. The maximum atomic E-state index is 12.5. The number of nitrogens with zero attached hydrogens (tertiary/aromatic N) is 3. The number of benzene rings is 1. The Bertz CT molecular complexity index is 941. The van der Waals surface area contributed by atoms with Crippen LogP contribution in [0.15, 0.2) is 36.7 Å². The lowest BCUT2D eigenvalue weighted by Crippen LogP contribution is -2.33. The molecule has 0 saturated heterocycles. The molecule has 1 saturated carbocycles. The number of carbonyl (C=O) groups is 1. The molecule has 2 N–H and O–H groups in total. The number of carbonyl (C=O) groups excluding carboxylic acids is 1. The highest BCUT2D eigenvalue weighted by Crippen LogP contribution is 2.36. The zero-order valence-corrected chi connectivity index (χ0v) is 16.5. The van der Waals surface area contributed by atoms with Crippen molar-refractivity contribution in [1.29, 1.82) is 0 Å². The monoisotopic (exact) mass is 377 g/mol. The van der Waals surface area contributed by atoms with Crippen LogP contribution < -0.4 is 5.32 Å². The van der Waals surface area contributed by atoms with Gasteiger partial charge in [-0.05, 0) is 51.0 Å². The van der Waals surface area contributed by atoms with Crippen LogP contribution in [-0.2, 0) is 4.79 Å². The highest BCUT2D eigenvalue weighted by Gasteiger charge is 2.26. The van der Waals surface area contributed by atoms with Crippen LogP contribution in [0.1, 0.15) is 61.3 Å². The van der Waals surface area contributed by atoms with Gasteiger partial charge in [0.1, 0.15) is 5.52 Å². The van der Waals surface area contributed by atoms with Gasteiger partial charge in [-0.25, -0.2) is 9.97 Å². The number of nitrogens with one attached hydrogen (secondary N) is 2. The number of hydrogen-bond acceptors (Lipinski definition) is 4. The van der Waals surface area contributed by atoms with Crippen LogP contribution in [0.25, 0.3) is 11.2 Å². The average molecular weight is 377 g/mol. The van der Waals surface area contributed by atoms with Crippen molar-refractivity contribution in [3.63, 3.8) is 0 Å². The molecule has 1 fully saturated rings. The Morgan fingerprint density at radius 3 is 2.61 bits per heavy atom. The molecule has 1 aliphatic rings. The quantitative estimate of drug-likeness (QED) is 0.707. The first-order chi connectivity index (χ1) is 13.6. The fraction of sp³-hybridized carbons (Fsp3) is 0.455. The summed E-state index contributed by atoms with van der Waals surface area (Å²) in [6.45, 7) is 4.79. The molecule has 4 rings (SSSR count). The van der Waals surface area contributed by atoms with E-state index in [4.69, 9.17) is 0 Å². The Morgan fingerprint density at radius 2 is 1.86 bits per heavy atom. The highest BCUT2D eigenvalue weighted by atomic mass is 16.1. The Kier molecular flexibility index (Phi) is 5.37. The van der Waals surface area contributed by atoms with E-state index in [1.807, 2.05) is 19.1 Å². The lowest BCUT2D eigenvalue weighted by molar-refractivity contribution is -0.122. The number of aromatic nitrogens is 4. The summed E-state index contributed by atoms with van der Waals surface area (Å²) in [5.74, 6) is 0.971. The fourth-order valence-electron chi connectivity index (χ4n) is 4.11. The Labute approximate surface area is 165 Å². The van der Waals surface area contributed by atoms with Crippen LogP contribution in [0.4, 0.5) is 0 Å². The number of aryl methyl sites for hydroxylation is 1. The summed E-state index contributed by atoms with van der Waals surface area (Å²) in [6, 6.07) is 8.21. The molecule has 3 aromatic rings. The molecule has 0 radical (unpaired) electrons. The van der Waals surface area contributed by atoms with Crippen LogP contribution in [-0.4, -0.2) is 32.6 Å². The Morgan fingerprint density at radius 1 is 1.14 bits per heavy atom. The van der Waals surface area contributed by atoms with Gasteiger partial charge in [0.25, 0.3) is 0 Å². The standard InChI is InChI=1S/C22H27N5O/c1-14-3-7-17(8-4-14)15(2)22(28)25-13-16-5-9-18(10-6-16)19-20-21(27-26-19)24-12-11-23-20/h3-4,7-8,11-12,15-16,18H,5-6,9-10,13H2,1-2H3,(H,25,28)(H,24,26,27)/t15-,16?,18?/m0/s1. The first-order valence-electron chi connectivity index (χ1n) is 10.1. The second-order valence-corrected chi connectivity index (χ2v) is 7.96. The molecule has 1 aromatic carbocycles. The van der Waals surface area contributed by atoms with Gasteiger partial charge >= 0.3 is 0 Å². The lowest BCUT2D eigenvalue weighted by atomic mass is 9.80. The van der Waals surface area contributed by atoms with Crippen LogP contribution >= 0.6 is 0 Å². The van der Waals surface area contributed by atoms with E-state index in [0.717, 1.165) is 49.0 Å². The van der Waals surface area contributed by atoms with Crippen molar-refractivity contribution in [1.82, 2.24) is 25.5 Å². The van der Waals surface area contributed by atoms with E-state index >= 15 is 0 Å². The largest absolute Gasteiger partial charge is 0.355 e. The van der Waals surface area contributed by atoms with Gasteiger partial charge in [0.15, 0.2) is 5.65 Å². The van der Waals surface area contributed by atoms with E-state index in [1.54, 1.807) is 12.4 Å². The van der Waals surface area contributed by atoms with Crippen molar-refractivity contribution in [3.8, 4) is 0 Å². The lowest BCUT2D eigenvalue weighted by Gasteiger charge is -2.28. The molecule has 146 valence electrons. The van der Waals surface area contributed by atoms with E-state index in [1.165, 1.54) is 5.56 Å². The minimum Gasteiger partial charge on any atom is -0.355 e. The molecule has 0 bridgehead atoms. The van der Waals surface area contributed by atoms with Gasteiger partial charge in [0, 0.05) is 24.9 Å². The van der Waals surface area contributed by atoms with Crippen LogP contribution in [0.5, 0.6) is 0 Å². The molecule has 6 nitrogen and oxygen atoms in total. The van der Waals surface area contributed by atoms with Gasteiger partial charge in [-0.1, -0.05) is 29.8 Å². The third-order valence-electron chi connectivity index (χ3n) is 6.01. The zero-order valence-electron chi connectivity index (χ0n) is 16.5.